The van der Waals surface area contributed by atoms with E-state index in [1.807, 2.05) is 0 Å². The summed E-state index contributed by atoms with van der Waals surface area (Å²) in [5, 5.41) is 25.0. The summed E-state index contributed by atoms with van der Waals surface area (Å²) < 4.78 is 11.4. The molecule has 26 heavy (non-hydrogen) atoms. The van der Waals surface area contributed by atoms with Gasteiger partial charge < -0.3 is 36.1 Å². The molecule has 3 amide bonds. The maximum Gasteiger partial charge on any atom is 0.249 e. The second-order valence-corrected chi connectivity index (χ2v) is 6.99. The van der Waals surface area contributed by atoms with Gasteiger partial charge in [0.2, 0.25) is 17.7 Å². The van der Waals surface area contributed by atoms with Crippen LogP contribution in [0.15, 0.2) is 0 Å². The van der Waals surface area contributed by atoms with Crippen molar-refractivity contribution in [2.24, 2.45) is 5.73 Å². The third-order valence-corrected chi connectivity index (χ3v) is 4.30. The van der Waals surface area contributed by atoms with E-state index >= 15 is 0 Å². The van der Waals surface area contributed by atoms with Crippen LogP contribution in [0, 0.1) is 0 Å². The molecular weight excluding hydrogens is 346 g/mol. The van der Waals surface area contributed by atoms with E-state index in [4.69, 9.17) is 15.2 Å². The minimum atomic E-state index is -1.28. The molecule has 0 aromatic carbocycles. The molecule has 1 heterocycles. The lowest BCUT2D eigenvalue weighted by Crippen LogP contribution is -2.69. The standard InChI is InChI=1S/C16H29N3O7/c1-7(14(17)23)18-15(24)8(2)25-12-11(22)10(6-20)26-16(4,5)13(12)19-9(3)21/h7-8,10-13,20,22H,6H2,1-5H3,(H2,17,23)(H,18,24)(H,19,21)/t7?,8?,10?,11-,12-,13?/m1/s1. The quantitative estimate of drug-likeness (QED) is 0.337. The molecule has 1 aliphatic heterocycles. The third kappa shape index (κ3) is 5.37. The van der Waals surface area contributed by atoms with Gasteiger partial charge in [-0.15, -0.1) is 0 Å². The molecule has 1 rings (SSSR count). The molecule has 6 atom stereocenters. The topological polar surface area (TPSA) is 160 Å². The largest absolute Gasteiger partial charge is 0.394 e. The lowest BCUT2D eigenvalue weighted by atomic mass is 9.84. The van der Waals surface area contributed by atoms with E-state index in [2.05, 4.69) is 10.6 Å². The van der Waals surface area contributed by atoms with Crippen LogP contribution in [0.3, 0.4) is 0 Å². The van der Waals surface area contributed by atoms with Crippen LogP contribution in [-0.4, -0.2) is 76.6 Å². The average molecular weight is 375 g/mol. The fraction of sp³-hybridized carbons (Fsp3) is 0.812. The number of nitrogens with two attached hydrogens (primary N) is 1. The molecule has 4 unspecified atom stereocenters. The van der Waals surface area contributed by atoms with Crippen LogP contribution in [0.4, 0.5) is 0 Å². The van der Waals surface area contributed by atoms with E-state index in [1.54, 1.807) is 13.8 Å². The number of carbonyl (C=O) groups is 3. The van der Waals surface area contributed by atoms with Crippen molar-refractivity contribution in [1.82, 2.24) is 10.6 Å². The number of ether oxygens (including phenoxy) is 2. The SMILES string of the molecule is CC(=O)NC1[C@H](OC(C)C(=O)NC(C)C(N)=O)[C@H](O)C(CO)OC1(C)C. The van der Waals surface area contributed by atoms with E-state index in [9.17, 15) is 24.6 Å². The molecule has 0 aromatic rings. The zero-order valence-corrected chi connectivity index (χ0v) is 15.7. The Morgan fingerprint density at radius 3 is 2.35 bits per heavy atom. The summed E-state index contributed by atoms with van der Waals surface area (Å²) in [6.07, 6.45) is -4.31. The van der Waals surface area contributed by atoms with Gasteiger partial charge in [-0.1, -0.05) is 0 Å². The van der Waals surface area contributed by atoms with Crippen LogP contribution < -0.4 is 16.4 Å². The molecule has 6 N–H and O–H groups in total. The Balaban J connectivity index is 2.99. The maximum atomic E-state index is 12.2. The van der Waals surface area contributed by atoms with Crippen LogP contribution >= 0.6 is 0 Å². The molecule has 0 spiro atoms. The number of amides is 3. The summed E-state index contributed by atoms with van der Waals surface area (Å²) in [5.74, 6) is -1.67. The van der Waals surface area contributed by atoms with Crippen molar-refractivity contribution in [3.05, 3.63) is 0 Å². The van der Waals surface area contributed by atoms with Crippen molar-refractivity contribution in [3.63, 3.8) is 0 Å². The van der Waals surface area contributed by atoms with Gasteiger partial charge in [0.25, 0.3) is 0 Å². The first kappa shape index (κ1) is 22.3. The molecule has 150 valence electrons. The molecular formula is C16H29N3O7. The summed E-state index contributed by atoms with van der Waals surface area (Å²) in [6.45, 7) is 7.08. The fourth-order valence-electron chi connectivity index (χ4n) is 2.82. The molecule has 1 fully saturated rings. The number of primary amides is 1. The van der Waals surface area contributed by atoms with Crippen LogP contribution in [0.2, 0.25) is 0 Å². The van der Waals surface area contributed by atoms with Gasteiger partial charge >= 0.3 is 0 Å². The molecule has 10 nitrogen and oxygen atoms in total. The summed E-state index contributed by atoms with van der Waals surface area (Å²) in [6, 6.07) is -1.66. The second-order valence-electron chi connectivity index (χ2n) is 6.99. The zero-order chi connectivity index (χ0) is 20.2. The minimum absolute atomic E-state index is 0.366. The Morgan fingerprint density at radius 2 is 1.88 bits per heavy atom. The maximum absolute atomic E-state index is 12.2. The second kappa shape index (κ2) is 8.76. The van der Waals surface area contributed by atoms with Crippen molar-refractivity contribution in [3.8, 4) is 0 Å². The van der Waals surface area contributed by atoms with Gasteiger partial charge in [-0.2, -0.15) is 0 Å². The van der Waals surface area contributed by atoms with Gasteiger partial charge in [0.1, 0.15) is 30.5 Å². The molecule has 0 radical (unpaired) electrons. The highest BCUT2D eigenvalue weighted by Crippen LogP contribution is 2.31. The number of nitrogens with one attached hydrogen (secondary N) is 2. The zero-order valence-electron chi connectivity index (χ0n) is 15.7. The van der Waals surface area contributed by atoms with Gasteiger partial charge in [0, 0.05) is 6.92 Å². The Morgan fingerprint density at radius 1 is 1.31 bits per heavy atom. The van der Waals surface area contributed by atoms with E-state index in [-0.39, 0.29) is 5.91 Å². The summed E-state index contributed by atoms with van der Waals surface area (Å²) in [4.78, 5) is 34.8. The Hall–Kier alpha value is -1.75. The number of aliphatic hydroxyl groups excluding tert-OH is 2. The molecule has 10 heteroatoms. The van der Waals surface area contributed by atoms with Crippen LogP contribution in [0.5, 0.6) is 0 Å². The monoisotopic (exact) mass is 375 g/mol. The first-order valence-electron chi connectivity index (χ1n) is 8.39. The molecule has 0 aromatic heterocycles. The third-order valence-electron chi connectivity index (χ3n) is 4.30. The normalized spacial score (nSPS) is 30.1. The summed E-state index contributed by atoms with van der Waals surface area (Å²) >= 11 is 0. The Labute approximate surface area is 152 Å². The van der Waals surface area contributed by atoms with Gasteiger partial charge in [0.15, 0.2) is 0 Å². The number of rotatable bonds is 7. The van der Waals surface area contributed by atoms with E-state index in [0.29, 0.717) is 0 Å². The van der Waals surface area contributed by atoms with Crippen molar-refractivity contribution >= 4 is 17.7 Å². The highest BCUT2D eigenvalue weighted by Gasteiger charge is 2.51. The fourth-order valence-corrected chi connectivity index (χ4v) is 2.82. The molecule has 1 aliphatic rings. The Bertz CT molecular complexity index is 540. The summed E-state index contributed by atoms with van der Waals surface area (Å²) in [5.41, 5.74) is 4.14. The van der Waals surface area contributed by atoms with Crippen LogP contribution in [0.1, 0.15) is 34.6 Å². The van der Waals surface area contributed by atoms with E-state index in [1.165, 1.54) is 20.8 Å². The predicted molar refractivity (Wildman–Crippen MR) is 90.8 cm³/mol. The lowest BCUT2D eigenvalue weighted by Gasteiger charge is -2.49. The first-order chi connectivity index (χ1) is 11.9. The molecule has 1 saturated heterocycles. The molecule has 0 aliphatic carbocycles. The Kier molecular flexibility index (Phi) is 7.51. The van der Waals surface area contributed by atoms with Crippen LogP contribution in [0.25, 0.3) is 0 Å². The van der Waals surface area contributed by atoms with Crippen molar-refractivity contribution in [1.29, 1.82) is 0 Å². The van der Waals surface area contributed by atoms with Crippen molar-refractivity contribution in [2.75, 3.05) is 6.61 Å². The number of hydrogen-bond donors (Lipinski definition) is 5. The van der Waals surface area contributed by atoms with Gasteiger partial charge in [0.05, 0.1) is 18.2 Å². The first-order valence-corrected chi connectivity index (χ1v) is 8.39. The van der Waals surface area contributed by atoms with Crippen molar-refractivity contribution in [2.45, 2.75) is 76.7 Å². The highest BCUT2D eigenvalue weighted by atomic mass is 16.6. The molecule has 0 bridgehead atoms. The van der Waals surface area contributed by atoms with Gasteiger partial charge in [-0.05, 0) is 27.7 Å². The van der Waals surface area contributed by atoms with E-state index < -0.39 is 60.5 Å². The highest BCUT2D eigenvalue weighted by molar-refractivity contribution is 5.88. The van der Waals surface area contributed by atoms with Gasteiger partial charge in [-0.25, -0.2) is 0 Å². The van der Waals surface area contributed by atoms with Gasteiger partial charge in [-0.3, -0.25) is 14.4 Å². The smallest absolute Gasteiger partial charge is 0.249 e. The minimum Gasteiger partial charge on any atom is -0.394 e. The average Bonchev–Trinajstić information content (AvgIpc) is 2.53. The lowest BCUT2D eigenvalue weighted by molar-refractivity contribution is -0.243. The van der Waals surface area contributed by atoms with Crippen LogP contribution in [-0.2, 0) is 23.9 Å². The predicted octanol–water partition coefficient (Wildman–Crippen LogP) is -2.21. The van der Waals surface area contributed by atoms with Crippen molar-refractivity contribution < 1.29 is 34.1 Å². The number of carbonyl (C=O) groups excluding carboxylic acids is 3. The number of aliphatic hydroxyl groups is 2. The van der Waals surface area contributed by atoms with E-state index in [0.717, 1.165) is 0 Å². The number of hydrogen-bond acceptors (Lipinski definition) is 7. The summed E-state index contributed by atoms with van der Waals surface area (Å²) in [7, 11) is 0. The molecule has 0 saturated carbocycles.